The molecule has 0 aliphatic carbocycles. The monoisotopic (exact) mass is 536 g/mol. The zero-order chi connectivity index (χ0) is 16.2. The Hall–Kier alpha value is 1.92. The quantitative estimate of drug-likeness (QED) is 0.181. The van der Waals surface area contributed by atoms with E-state index in [1.165, 1.54) is 0 Å². The molecular weight excluding hydrogens is 495 g/mol. The van der Waals surface area contributed by atoms with Gasteiger partial charge >= 0.3 is 0 Å². The average molecular weight is 539 g/mol. The Kier molecular flexibility index (Phi) is 641. The first-order chi connectivity index (χ1) is 8.49. The van der Waals surface area contributed by atoms with Gasteiger partial charge in [-0.05, 0) is 63.5 Å². The second-order valence-electron chi connectivity index (χ2n) is 1.90. The van der Waals surface area contributed by atoms with Crippen LogP contribution in [0.2, 0.25) is 0 Å². The van der Waals surface area contributed by atoms with Crippen LogP contribution >= 0.6 is 0 Å². The minimum absolute atomic E-state index is 0. The largest absolute Gasteiger partial charge is 2.00 e. The van der Waals surface area contributed by atoms with Crippen LogP contribution in [0, 0.1) is 0 Å². The summed E-state index contributed by atoms with van der Waals surface area (Å²) >= 11 is 0. The van der Waals surface area contributed by atoms with Crippen LogP contribution in [0.4, 0.5) is 0 Å². The van der Waals surface area contributed by atoms with Crippen molar-refractivity contribution in [3.8, 4) is 0 Å². The molecule has 0 aliphatic rings. The van der Waals surface area contributed by atoms with E-state index in [0.29, 0.717) is 0 Å². The van der Waals surface area contributed by atoms with Crippen molar-refractivity contribution >= 4 is 21.9 Å². The van der Waals surface area contributed by atoms with Crippen molar-refractivity contribution in [2.24, 2.45) is 0 Å². The molecule has 0 aromatic heterocycles. The van der Waals surface area contributed by atoms with E-state index in [1.807, 2.05) is 0 Å². The Morgan fingerprint density at radius 2 is 0.391 bits per heavy atom. The van der Waals surface area contributed by atoms with Crippen molar-refractivity contribution in [3.63, 3.8) is 0 Å². The van der Waals surface area contributed by atoms with Crippen molar-refractivity contribution in [2.75, 3.05) is 39.6 Å². The van der Waals surface area contributed by atoms with Gasteiger partial charge in [0.15, 0.2) is 0 Å². The molecule has 152 valence electrons. The van der Waals surface area contributed by atoms with Gasteiger partial charge in [0, 0.05) is 92.0 Å². The normalized spacial score (nSPS) is 4.70. The maximum Gasteiger partial charge on any atom is 0.0402 e. The van der Waals surface area contributed by atoms with Crippen molar-refractivity contribution in [2.45, 2.75) is 41.5 Å². The second kappa shape index (κ2) is 200. The first-order valence-corrected chi connectivity index (χ1v) is 6.14. The molecule has 0 rings (SSSR count). The molecule has 0 fully saturated rings. The van der Waals surface area contributed by atoms with Crippen LogP contribution in [0.25, 0.3) is 0 Å². The molecular formula is C12H44O7Si2Zr2-2. The van der Waals surface area contributed by atoms with Gasteiger partial charge in [0.25, 0.3) is 0 Å². The van der Waals surface area contributed by atoms with Gasteiger partial charge in [0.05, 0.1) is 0 Å². The number of hydrogen-bond donors (Lipinski definition) is 6. The molecule has 0 spiro atoms. The maximum atomic E-state index is 7.57. The molecule has 0 unspecified atom stereocenters. The molecule has 23 heavy (non-hydrogen) atoms. The van der Waals surface area contributed by atoms with Crippen molar-refractivity contribution in [1.82, 2.24) is 0 Å². The van der Waals surface area contributed by atoms with E-state index in [9.17, 15) is 0 Å². The Balaban J connectivity index is -0.00000000800. The third-order valence-corrected chi connectivity index (χ3v) is 0. The van der Waals surface area contributed by atoms with E-state index in [0.717, 1.165) is 0 Å². The van der Waals surface area contributed by atoms with Crippen molar-refractivity contribution in [1.29, 1.82) is 0 Å². The van der Waals surface area contributed by atoms with Gasteiger partial charge in [-0.25, -0.2) is 0 Å². The predicted molar refractivity (Wildman–Crippen MR) is 99.9 cm³/mol. The fourth-order valence-electron chi connectivity index (χ4n) is 0. The standard InChI is InChI=1S/6C2H6O.O.2H4Si.2Zr/c6*1-2-3;;;;;/h6*3H,2H2,1H3;;2*1H4;;/q;;;;;;-2;;;;. The van der Waals surface area contributed by atoms with E-state index >= 15 is 0 Å². The van der Waals surface area contributed by atoms with Crippen molar-refractivity contribution in [3.05, 3.63) is 0 Å². The molecule has 7 nitrogen and oxygen atoms in total. The number of hydrogen-bond acceptors (Lipinski definition) is 6. The van der Waals surface area contributed by atoms with Crippen LogP contribution in [-0.2, 0) is 57.9 Å². The summed E-state index contributed by atoms with van der Waals surface area (Å²) in [6, 6.07) is 0. The second-order valence-corrected chi connectivity index (χ2v) is 1.90. The number of rotatable bonds is 0. The Morgan fingerprint density at radius 1 is 0.391 bits per heavy atom. The zero-order valence-electron chi connectivity index (χ0n) is 14.3. The van der Waals surface area contributed by atoms with Crippen LogP contribution in [0.1, 0.15) is 41.5 Å². The van der Waals surface area contributed by atoms with Gasteiger partial charge in [-0.2, -0.15) is 0 Å². The summed E-state index contributed by atoms with van der Waals surface area (Å²) in [5.41, 5.74) is 0. The van der Waals surface area contributed by atoms with E-state index in [-0.39, 0.29) is 119 Å². The summed E-state index contributed by atoms with van der Waals surface area (Å²) in [6.07, 6.45) is 0. The third kappa shape index (κ3) is 3120. The summed E-state index contributed by atoms with van der Waals surface area (Å²) in [6.45, 7) is 11.6. The Labute approximate surface area is 190 Å². The van der Waals surface area contributed by atoms with Crippen molar-refractivity contribution < 1.29 is 88.5 Å². The molecule has 0 bridgehead atoms. The molecule has 0 aromatic carbocycles. The summed E-state index contributed by atoms with van der Waals surface area (Å²) in [5, 5.41) is 45.4. The van der Waals surface area contributed by atoms with E-state index in [4.69, 9.17) is 30.6 Å². The van der Waals surface area contributed by atoms with E-state index in [1.54, 1.807) is 41.5 Å². The van der Waals surface area contributed by atoms with Gasteiger partial charge in [-0.3, -0.25) is 0 Å². The minimum Gasteiger partial charge on any atom is -2.00 e. The fourth-order valence-corrected chi connectivity index (χ4v) is 0. The molecule has 0 aromatic rings. The summed E-state index contributed by atoms with van der Waals surface area (Å²) in [7, 11) is 0. The zero-order valence-corrected chi connectivity index (χ0v) is 19.3. The van der Waals surface area contributed by atoms with Crippen LogP contribution in [-0.4, -0.2) is 92.2 Å². The first-order valence-electron chi connectivity index (χ1n) is 6.14. The fraction of sp³-hybridized carbons (Fsp3) is 1.00. The Bertz CT molecular complexity index is 52.9. The first kappa shape index (κ1) is 73.6. The SMILES string of the molecule is CCO.CCO.CCO.CCO.CCO.CCO.[O-2].[SiH4].[SiH4].[Zr].[Zr]. The van der Waals surface area contributed by atoms with Gasteiger partial charge in [0.1, 0.15) is 0 Å². The predicted octanol–water partition coefficient (Wildman–Crippen LogP) is -3.04. The Morgan fingerprint density at radius 3 is 0.391 bits per heavy atom. The molecule has 0 radical (unpaired) electrons. The molecule has 0 saturated carbocycles. The number of aliphatic hydroxyl groups is 6. The maximum absolute atomic E-state index is 7.57. The van der Waals surface area contributed by atoms with E-state index in [2.05, 4.69) is 0 Å². The molecule has 11 heteroatoms. The van der Waals surface area contributed by atoms with Crippen LogP contribution < -0.4 is 0 Å². The molecule has 0 heterocycles. The topological polar surface area (TPSA) is 150 Å². The molecule has 0 amide bonds. The minimum atomic E-state index is 0. The number of aliphatic hydroxyl groups excluding tert-OH is 6. The average Bonchev–Trinajstić information content (AvgIpc) is 2.23. The third-order valence-electron chi connectivity index (χ3n) is 0. The van der Waals surface area contributed by atoms with Gasteiger partial charge < -0.3 is 36.1 Å². The summed E-state index contributed by atoms with van der Waals surface area (Å²) in [4.78, 5) is 0. The summed E-state index contributed by atoms with van der Waals surface area (Å²) in [5.74, 6) is 0. The van der Waals surface area contributed by atoms with Gasteiger partial charge in [-0.1, -0.05) is 0 Å². The molecule has 0 atom stereocenters. The summed E-state index contributed by atoms with van der Waals surface area (Å²) < 4.78 is 0. The molecule has 0 aliphatic heterocycles. The van der Waals surface area contributed by atoms with Gasteiger partial charge in [0.2, 0.25) is 0 Å². The van der Waals surface area contributed by atoms with Crippen LogP contribution in [0.3, 0.4) is 0 Å². The van der Waals surface area contributed by atoms with Crippen LogP contribution in [0.5, 0.6) is 0 Å². The van der Waals surface area contributed by atoms with Gasteiger partial charge in [-0.15, -0.1) is 0 Å². The smallest absolute Gasteiger partial charge is 0.0402 e. The van der Waals surface area contributed by atoms with E-state index < -0.39 is 0 Å². The van der Waals surface area contributed by atoms with Crippen LogP contribution in [0.15, 0.2) is 0 Å². The molecule has 0 saturated heterocycles. The molecule has 6 N–H and O–H groups in total.